The molecule has 1 atom stereocenters. The second kappa shape index (κ2) is 8.12. The molecule has 0 fully saturated rings. The zero-order valence-electron chi connectivity index (χ0n) is 12.6. The highest BCUT2D eigenvalue weighted by atomic mass is 16.5. The number of rotatable bonds is 8. The monoisotopic (exact) mass is 265 g/mol. The van der Waals surface area contributed by atoms with Crippen molar-refractivity contribution in [3.05, 3.63) is 23.9 Å². The van der Waals surface area contributed by atoms with Gasteiger partial charge in [0, 0.05) is 37.5 Å². The molecule has 1 heterocycles. The van der Waals surface area contributed by atoms with E-state index >= 15 is 0 Å². The minimum atomic E-state index is -0.0110. The van der Waals surface area contributed by atoms with Gasteiger partial charge in [-0.05, 0) is 25.8 Å². The van der Waals surface area contributed by atoms with E-state index in [0.29, 0.717) is 12.6 Å². The largest absolute Gasteiger partial charge is 0.383 e. The number of ether oxygens (including phenoxy) is 1. The Morgan fingerprint density at radius 1 is 1.37 bits per heavy atom. The van der Waals surface area contributed by atoms with Crippen LogP contribution in [0.3, 0.4) is 0 Å². The fraction of sp³-hybridized carbons (Fsp3) is 0.667. The van der Waals surface area contributed by atoms with E-state index in [-0.39, 0.29) is 6.04 Å². The van der Waals surface area contributed by atoms with E-state index in [1.54, 1.807) is 7.11 Å². The van der Waals surface area contributed by atoms with Crippen LogP contribution in [0, 0.1) is 0 Å². The average molecular weight is 265 g/mol. The van der Waals surface area contributed by atoms with Crippen molar-refractivity contribution in [1.29, 1.82) is 0 Å². The summed E-state index contributed by atoms with van der Waals surface area (Å²) in [5, 5.41) is 0. The van der Waals surface area contributed by atoms with Crippen molar-refractivity contribution in [3.8, 4) is 0 Å². The molecule has 1 rings (SSSR count). The Balaban J connectivity index is 3.08. The summed E-state index contributed by atoms with van der Waals surface area (Å²) in [6, 6.07) is 4.48. The van der Waals surface area contributed by atoms with Crippen LogP contribution in [0.5, 0.6) is 0 Å². The molecule has 0 spiro atoms. The molecule has 19 heavy (non-hydrogen) atoms. The summed E-state index contributed by atoms with van der Waals surface area (Å²) < 4.78 is 5.23. The molecule has 0 aliphatic carbocycles. The molecular formula is C15H27N3O. The summed E-state index contributed by atoms with van der Waals surface area (Å²) in [6.07, 6.45) is 4.02. The summed E-state index contributed by atoms with van der Waals surface area (Å²) in [7, 11) is 1.73. The third-order valence-electron chi connectivity index (χ3n) is 3.50. The van der Waals surface area contributed by atoms with E-state index < -0.39 is 0 Å². The number of hydrogen-bond donors (Lipinski definition) is 1. The molecule has 0 saturated carbocycles. The summed E-state index contributed by atoms with van der Waals surface area (Å²) in [5.41, 5.74) is 7.17. The van der Waals surface area contributed by atoms with Gasteiger partial charge in [0.2, 0.25) is 0 Å². The lowest BCUT2D eigenvalue weighted by Crippen LogP contribution is -2.38. The highest BCUT2D eigenvalue weighted by Gasteiger charge is 2.20. The fourth-order valence-electron chi connectivity index (χ4n) is 2.39. The molecule has 0 bridgehead atoms. The van der Waals surface area contributed by atoms with Crippen LogP contribution in [0.2, 0.25) is 0 Å². The molecule has 0 unspecified atom stereocenters. The van der Waals surface area contributed by atoms with Crippen LogP contribution in [0.25, 0.3) is 0 Å². The van der Waals surface area contributed by atoms with Gasteiger partial charge in [0.1, 0.15) is 5.82 Å². The second-order valence-corrected chi connectivity index (χ2v) is 4.86. The number of nitrogens with zero attached hydrogens (tertiary/aromatic N) is 2. The SMILES string of the molecule is CCC(CC)N(CCOC)c1ncccc1[C@H](C)N. The van der Waals surface area contributed by atoms with Crippen molar-refractivity contribution in [1.82, 2.24) is 4.98 Å². The molecule has 4 nitrogen and oxygen atoms in total. The molecule has 2 N–H and O–H groups in total. The quantitative estimate of drug-likeness (QED) is 0.785. The van der Waals surface area contributed by atoms with Gasteiger partial charge in [-0.3, -0.25) is 0 Å². The van der Waals surface area contributed by atoms with Crippen molar-refractivity contribution in [2.75, 3.05) is 25.2 Å². The Kier molecular flexibility index (Phi) is 6.81. The standard InChI is InChI=1S/C15H27N3O/c1-5-13(6-2)18(10-11-19-4)15-14(12(3)16)8-7-9-17-15/h7-9,12-13H,5-6,10-11,16H2,1-4H3/t12-/m0/s1. The van der Waals surface area contributed by atoms with Crippen LogP contribution in [-0.4, -0.2) is 31.3 Å². The lowest BCUT2D eigenvalue weighted by Gasteiger charge is -2.33. The van der Waals surface area contributed by atoms with Crippen molar-refractivity contribution >= 4 is 5.82 Å². The van der Waals surface area contributed by atoms with Gasteiger partial charge in [0.05, 0.1) is 6.61 Å². The van der Waals surface area contributed by atoms with Gasteiger partial charge >= 0.3 is 0 Å². The van der Waals surface area contributed by atoms with Crippen LogP contribution in [0.1, 0.15) is 45.2 Å². The minimum Gasteiger partial charge on any atom is -0.383 e. The van der Waals surface area contributed by atoms with Crippen molar-refractivity contribution < 1.29 is 4.74 Å². The third kappa shape index (κ3) is 4.18. The number of pyridine rings is 1. The topological polar surface area (TPSA) is 51.4 Å². The van der Waals surface area contributed by atoms with E-state index in [2.05, 4.69) is 29.8 Å². The highest BCUT2D eigenvalue weighted by molar-refractivity contribution is 5.49. The molecule has 0 aliphatic rings. The van der Waals surface area contributed by atoms with Gasteiger partial charge in [0.15, 0.2) is 0 Å². The molecule has 0 aliphatic heterocycles. The molecule has 0 radical (unpaired) electrons. The molecule has 4 heteroatoms. The van der Waals surface area contributed by atoms with E-state index in [9.17, 15) is 0 Å². The predicted molar refractivity (Wildman–Crippen MR) is 80.4 cm³/mol. The first-order chi connectivity index (χ1) is 9.15. The molecule has 0 saturated heterocycles. The van der Waals surface area contributed by atoms with E-state index in [4.69, 9.17) is 10.5 Å². The maximum atomic E-state index is 6.07. The van der Waals surface area contributed by atoms with Gasteiger partial charge in [-0.2, -0.15) is 0 Å². The number of anilines is 1. The summed E-state index contributed by atoms with van der Waals surface area (Å²) >= 11 is 0. The number of aromatic nitrogens is 1. The van der Waals surface area contributed by atoms with Gasteiger partial charge in [-0.1, -0.05) is 19.9 Å². The van der Waals surface area contributed by atoms with E-state index in [1.807, 2.05) is 19.2 Å². The van der Waals surface area contributed by atoms with Crippen LogP contribution in [0.4, 0.5) is 5.82 Å². The Labute approximate surface area is 117 Å². The Morgan fingerprint density at radius 3 is 2.58 bits per heavy atom. The van der Waals surface area contributed by atoms with Gasteiger partial charge in [-0.15, -0.1) is 0 Å². The zero-order chi connectivity index (χ0) is 14.3. The smallest absolute Gasteiger partial charge is 0.133 e. The lowest BCUT2D eigenvalue weighted by atomic mass is 10.1. The van der Waals surface area contributed by atoms with Crippen LogP contribution in [-0.2, 0) is 4.74 Å². The van der Waals surface area contributed by atoms with Crippen LogP contribution >= 0.6 is 0 Å². The Hall–Kier alpha value is -1.13. The fourth-order valence-corrected chi connectivity index (χ4v) is 2.39. The number of hydrogen-bond acceptors (Lipinski definition) is 4. The molecule has 108 valence electrons. The van der Waals surface area contributed by atoms with E-state index in [1.165, 1.54) is 0 Å². The van der Waals surface area contributed by atoms with Gasteiger partial charge in [0.25, 0.3) is 0 Å². The highest BCUT2D eigenvalue weighted by Crippen LogP contribution is 2.25. The molecule has 0 amide bonds. The molecule has 1 aromatic rings. The van der Waals surface area contributed by atoms with Gasteiger partial charge < -0.3 is 15.4 Å². The van der Waals surface area contributed by atoms with Gasteiger partial charge in [-0.25, -0.2) is 4.98 Å². The van der Waals surface area contributed by atoms with Crippen LogP contribution in [0.15, 0.2) is 18.3 Å². The average Bonchev–Trinajstić information content (AvgIpc) is 2.43. The zero-order valence-corrected chi connectivity index (χ0v) is 12.6. The van der Waals surface area contributed by atoms with Crippen molar-refractivity contribution in [2.45, 2.75) is 45.7 Å². The van der Waals surface area contributed by atoms with Crippen molar-refractivity contribution in [3.63, 3.8) is 0 Å². The first-order valence-corrected chi connectivity index (χ1v) is 7.11. The first kappa shape index (κ1) is 15.9. The van der Waals surface area contributed by atoms with Crippen LogP contribution < -0.4 is 10.6 Å². The second-order valence-electron chi connectivity index (χ2n) is 4.86. The Bertz CT molecular complexity index is 364. The van der Waals surface area contributed by atoms with E-state index in [0.717, 1.165) is 30.8 Å². The number of methoxy groups -OCH3 is 1. The molecule has 0 aromatic carbocycles. The maximum Gasteiger partial charge on any atom is 0.133 e. The maximum absolute atomic E-state index is 6.07. The molecule has 1 aromatic heterocycles. The van der Waals surface area contributed by atoms with Crippen molar-refractivity contribution in [2.24, 2.45) is 5.73 Å². The molecular weight excluding hydrogens is 238 g/mol. The normalized spacial score (nSPS) is 12.7. The lowest BCUT2D eigenvalue weighted by molar-refractivity contribution is 0.202. The minimum absolute atomic E-state index is 0.0110. The first-order valence-electron chi connectivity index (χ1n) is 7.11. The summed E-state index contributed by atoms with van der Waals surface area (Å²) in [5.74, 6) is 1.00. The third-order valence-corrected chi connectivity index (χ3v) is 3.50. The predicted octanol–water partition coefficient (Wildman–Crippen LogP) is 2.74. The number of nitrogens with two attached hydrogens (primary N) is 1. The summed E-state index contributed by atoms with van der Waals surface area (Å²) in [6.45, 7) is 7.97. The Morgan fingerprint density at radius 2 is 2.05 bits per heavy atom. The summed E-state index contributed by atoms with van der Waals surface area (Å²) in [4.78, 5) is 6.90.